The number of hydrogen-bond acceptors (Lipinski definition) is 3. The molecule has 0 aliphatic rings. The maximum Gasteiger partial charge on any atom is 0.281 e. The van der Waals surface area contributed by atoms with E-state index in [0.717, 1.165) is 4.31 Å². The highest BCUT2D eigenvalue weighted by atomic mass is 32.2. The lowest BCUT2D eigenvalue weighted by atomic mass is 10.4. The maximum atomic E-state index is 11.6. The van der Waals surface area contributed by atoms with Crippen LogP contribution in [-0.4, -0.2) is 55.4 Å². The average molecular weight is 210 g/mol. The van der Waals surface area contributed by atoms with Gasteiger partial charge in [0.2, 0.25) is 0 Å². The number of hydrogen-bond donors (Lipinski definition) is 1. The van der Waals surface area contributed by atoms with Crippen LogP contribution in [-0.2, 0) is 10.2 Å². The van der Waals surface area contributed by atoms with E-state index in [0.29, 0.717) is 0 Å². The van der Waals surface area contributed by atoms with Gasteiger partial charge in [-0.15, -0.1) is 0 Å². The second-order valence-corrected chi connectivity index (χ2v) is 5.26. The molecule has 0 fully saturated rings. The average Bonchev–Trinajstić information content (AvgIpc) is 2.03. The van der Waals surface area contributed by atoms with Crippen LogP contribution in [0, 0.1) is 0 Å². The normalized spacial score (nSPS) is 13.2. The molecule has 0 aromatic rings. The molecule has 13 heavy (non-hydrogen) atoms. The topological polar surface area (TPSA) is 60.9 Å². The van der Waals surface area contributed by atoms with Gasteiger partial charge in [0, 0.05) is 26.7 Å². The van der Waals surface area contributed by atoms with Crippen molar-refractivity contribution < 1.29 is 13.5 Å². The fourth-order valence-electron chi connectivity index (χ4n) is 0.742. The Hall–Kier alpha value is -0.170. The smallest absolute Gasteiger partial charge is 0.281 e. The standard InChI is InChI=1S/C7H18N2O3S/c1-7(2)9(4)13(11,12)8(3)5-6-10/h7,10H,5-6H2,1-4H3. The Labute approximate surface area is 80.1 Å². The quantitative estimate of drug-likeness (QED) is 0.665. The SMILES string of the molecule is CC(C)N(C)S(=O)(=O)N(C)CCO. The third kappa shape index (κ3) is 3.22. The molecule has 0 amide bonds. The van der Waals surface area contributed by atoms with E-state index in [1.807, 2.05) is 0 Å². The molecule has 0 radical (unpaired) electrons. The largest absolute Gasteiger partial charge is 0.395 e. The van der Waals surface area contributed by atoms with Crippen molar-refractivity contribution in [3.05, 3.63) is 0 Å². The first-order valence-corrected chi connectivity index (χ1v) is 5.54. The highest BCUT2D eigenvalue weighted by Crippen LogP contribution is 2.06. The Morgan fingerprint density at radius 3 is 2.08 bits per heavy atom. The van der Waals surface area contributed by atoms with Crippen molar-refractivity contribution in [2.45, 2.75) is 19.9 Å². The maximum absolute atomic E-state index is 11.6. The van der Waals surface area contributed by atoms with Gasteiger partial charge in [-0.2, -0.15) is 17.0 Å². The van der Waals surface area contributed by atoms with Gasteiger partial charge in [0.05, 0.1) is 6.61 Å². The monoisotopic (exact) mass is 210 g/mol. The van der Waals surface area contributed by atoms with Crippen LogP contribution in [0.2, 0.25) is 0 Å². The fraction of sp³-hybridized carbons (Fsp3) is 1.00. The highest BCUT2D eigenvalue weighted by molar-refractivity contribution is 7.86. The van der Waals surface area contributed by atoms with Crippen molar-refractivity contribution >= 4 is 10.2 Å². The molecule has 1 N–H and O–H groups in total. The zero-order valence-corrected chi connectivity index (χ0v) is 9.37. The minimum Gasteiger partial charge on any atom is -0.395 e. The van der Waals surface area contributed by atoms with Gasteiger partial charge >= 0.3 is 0 Å². The molecule has 80 valence electrons. The third-order valence-electron chi connectivity index (χ3n) is 1.90. The van der Waals surface area contributed by atoms with Gasteiger partial charge in [0.25, 0.3) is 10.2 Å². The number of likely N-dealkylation sites (N-methyl/N-ethyl adjacent to an activating group) is 1. The van der Waals surface area contributed by atoms with Crippen molar-refractivity contribution in [3.63, 3.8) is 0 Å². The van der Waals surface area contributed by atoms with E-state index in [9.17, 15) is 8.42 Å². The molecule has 6 heteroatoms. The summed E-state index contributed by atoms with van der Waals surface area (Å²) in [6, 6.07) is -0.0776. The second-order valence-electron chi connectivity index (χ2n) is 3.16. The molecule has 0 spiro atoms. The molecule has 0 aliphatic heterocycles. The Balaban J connectivity index is 4.56. The third-order valence-corrected chi connectivity index (χ3v) is 4.02. The van der Waals surface area contributed by atoms with Gasteiger partial charge in [-0.3, -0.25) is 0 Å². The van der Waals surface area contributed by atoms with Gasteiger partial charge < -0.3 is 5.11 Å². The first-order chi connectivity index (χ1) is 5.84. The molecule has 0 bridgehead atoms. The summed E-state index contributed by atoms with van der Waals surface area (Å²) < 4.78 is 25.6. The van der Waals surface area contributed by atoms with Gasteiger partial charge in [0.1, 0.15) is 0 Å². The van der Waals surface area contributed by atoms with Crippen LogP contribution < -0.4 is 0 Å². The van der Waals surface area contributed by atoms with Gasteiger partial charge in [-0.25, -0.2) is 0 Å². The van der Waals surface area contributed by atoms with Crippen molar-refractivity contribution in [3.8, 4) is 0 Å². The molecule has 0 unspecified atom stereocenters. The molecule has 0 atom stereocenters. The van der Waals surface area contributed by atoms with E-state index >= 15 is 0 Å². The number of aliphatic hydroxyl groups excluding tert-OH is 1. The minimum atomic E-state index is -3.39. The van der Waals surface area contributed by atoms with E-state index in [4.69, 9.17) is 5.11 Å². The molecule has 0 saturated carbocycles. The summed E-state index contributed by atoms with van der Waals surface area (Å²) >= 11 is 0. The molecule has 0 aliphatic carbocycles. The summed E-state index contributed by atoms with van der Waals surface area (Å²) in [5.41, 5.74) is 0. The van der Waals surface area contributed by atoms with Gasteiger partial charge in [-0.1, -0.05) is 0 Å². The van der Waals surface area contributed by atoms with E-state index < -0.39 is 10.2 Å². The van der Waals surface area contributed by atoms with Crippen LogP contribution >= 0.6 is 0 Å². The van der Waals surface area contributed by atoms with E-state index in [2.05, 4.69) is 0 Å². The molecular formula is C7H18N2O3S. The Bertz CT molecular complexity index is 238. The lowest BCUT2D eigenvalue weighted by Gasteiger charge is -2.26. The predicted molar refractivity (Wildman–Crippen MR) is 51.5 cm³/mol. The lowest BCUT2D eigenvalue weighted by molar-refractivity contribution is 0.257. The molecule has 0 aromatic carbocycles. The molecule has 0 rings (SSSR count). The van der Waals surface area contributed by atoms with Crippen LogP contribution in [0.25, 0.3) is 0 Å². The first kappa shape index (κ1) is 12.8. The number of aliphatic hydroxyl groups is 1. The van der Waals surface area contributed by atoms with Gasteiger partial charge in [-0.05, 0) is 13.8 Å². The molecular weight excluding hydrogens is 192 g/mol. The molecule has 5 nitrogen and oxygen atoms in total. The zero-order valence-electron chi connectivity index (χ0n) is 8.56. The number of nitrogens with zero attached hydrogens (tertiary/aromatic N) is 2. The van der Waals surface area contributed by atoms with Crippen LogP contribution in [0.5, 0.6) is 0 Å². The summed E-state index contributed by atoms with van der Waals surface area (Å²) in [7, 11) is -0.423. The zero-order chi connectivity index (χ0) is 10.6. The van der Waals surface area contributed by atoms with Crippen molar-refractivity contribution in [1.29, 1.82) is 0 Å². The van der Waals surface area contributed by atoms with Crippen LogP contribution in [0.15, 0.2) is 0 Å². The fourth-order valence-corrected chi connectivity index (χ4v) is 2.03. The van der Waals surface area contributed by atoms with E-state index in [-0.39, 0.29) is 19.2 Å². The van der Waals surface area contributed by atoms with E-state index in [1.54, 1.807) is 13.8 Å². The highest BCUT2D eigenvalue weighted by Gasteiger charge is 2.24. The van der Waals surface area contributed by atoms with Crippen molar-refractivity contribution in [1.82, 2.24) is 8.61 Å². The summed E-state index contributed by atoms with van der Waals surface area (Å²) in [6.07, 6.45) is 0. The summed E-state index contributed by atoms with van der Waals surface area (Å²) in [4.78, 5) is 0. The lowest BCUT2D eigenvalue weighted by Crippen LogP contribution is -2.43. The molecule has 0 aromatic heterocycles. The Kier molecular flexibility index (Phi) is 4.83. The summed E-state index contributed by atoms with van der Waals surface area (Å²) in [5, 5.41) is 8.60. The second kappa shape index (κ2) is 4.90. The Morgan fingerprint density at radius 2 is 1.77 bits per heavy atom. The molecule has 0 saturated heterocycles. The Morgan fingerprint density at radius 1 is 1.31 bits per heavy atom. The number of rotatable bonds is 5. The van der Waals surface area contributed by atoms with Crippen LogP contribution in [0.1, 0.15) is 13.8 Å². The minimum absolute atomic E-state index is 0.0776. The van der Waals surface area contributed by atoms with E-state index in [1.165, 1.54) is 18.4 Å². The predicted octanol–water partition coefficient (Wildman–Crippen LogP) is -0.504. The first-order valence-electron chi connectivity index (χ1n) is 4.14. The van der Waals surface area contributed by atoms with Crippen molar-refractivity contribution in [2.75, 3.05) is 27.2 Å². The van der Waals surface area contributed by atoms with Crippen LogP contribution in [0.4, 0.5) is 0 Å². The molecule has 0 heterocycles. The summed E-state index contributed by atoms with van der Waals surface area (Å²) in [6.45, 7) is 3.55. The summed E-state index contributed by atoms with van der Waals surface area (Å²) in [5.74, 6) is 0. The van der Waals surface area contributed by atoms with Gasteiger partial charge in [0.15, 0.2) is 0 Å². The van der Waals surface area contributed by atoms with Crippen molar-refractivity contribution in [2.24, 2.45) is 0 Å². The van der Waals surface area contributed by atoms with Crippen LogP contribution in [0.3, 0.4) is 0 Å².